The molecule has 2 saturated heterocycles. The number of anilines is 1. The third-order valence-electron chi connectivity index (χ3n) is 4.16. The number of nitrogens with one attached hydrogen (secondary N) is 2. The van der Waals surface area contributed by atoms with E-state index in [0.717, 1.165) is 38.0 Å². The highest BCUT2D eigenvalue weighted by Crippen LogP contribution is 2.19. The van der Waals surface area contributed by atoms with Gasteiger partial charge in [-0.25, -0.2) is 9.59 Å². The molecule has 0 atom stereocenters. The minimum atomic E-state index is -0.183. The number of carbonyl (C=O) groups is 2. The van der Waals surface area contributed by atoms with Crippen LogP contribution in [0.25, 0.3) is 0 Å². The van der Waals surface area contributed by atoms with Crippen LogP contribution in [0.3, 0.4) is 0 Å². The molecule has 2 aliphatic heterocycles. The summed E-state index contributed by atoms with van der Waals surface area (Å²) in [7, 11) is 0. The number of nitrogens with zero attached hydrogens (tertiary/aromatic N) is 3. The summed E-state index contributed by atoms with van der Waals surface area (Å²) in [6, 6.07) is 1.74. The maximum atomic E-state index is 12.2. The third kappa shape index (κ3) is 3.15. The van der Waals surface area contributed by atoms with Crippen LogP contribution in [0.5, 0.6) is 0 Å². The fourth-order valence-corrected chi connectivity index (χ4v) is 2.98. The number of carbonyl (C=O) groups excluding carboxylic acids is 2. The molecule has 8 nitrogen and oxygen atoms in total. The Kier molecular flexibility index (Phi) is 4.17. The van der Waals surface area contributed by atoms with Gasteiger partial charge in [-0.15, -0.1) is 0 Å². The normalized spacial score (nSPS) is 20.0. The van der Waals surface area contributed by atoms with Crippen LogP contribution in [-0.2, 0) is 0 Å². The Morgan fingerprint density at radius 2 is 2.18 bits per heavy atom. The zero-order valence-corrected chi connectivity index (χ0v) is 12.7. The fraction of sp³-hybridized carbons (Fsp3) is 0.643. The standard InChI is InChI=1S/C14H21N5O3/c1-10-9-12(22-17-10)16-14(21)18-7-3-11(4-8-18)19-6-2-5-15-13(19)20/h9,11H,2-8H2,1H3,(H,15,20)(H,16,21). The lowest BCUT2D eigenvalue weighted by Crippen LogP contribution is -2.55. The molecule has 0 spiro atoms. The molecule has 0 aliphatic carbocycles. The lowest BCUT2D eigenvalue weighted by Gasteiger charge is -2.40. The van der Waals surface area contributed by atoms with E-state index in [4.69, 9.17) is 4.52 Å². The Bertz CT molecular complexity index is 550. The summed E-state index contributed by atoms with van der Waals surface area (Å²) >= 11 is 0. The molecule has 3 heterocycles. The van der Waals surface area contributed by atoms with E-state index in [1.807, 2.05) is 4.90 Å². The highest BCUT2D eigenvalue weighted by Gasteiger charge is 2.30. The summed E-state index contributed by atoms with van der Waals surface area (Å²) in [4.78, 5) is 27.7. The number of urea groups is 2. The Labute approximate surface area is 128 Å². The van der Waals surface area contributed by atoms with Gasteiger partial charge in [0.15, 0.2) is 0 Å². The van der Waals surface area contributed by atoms with Gasteiger partial charge in [-0.1, -0.05) is 5.16 Å². The molecule has 2 aliphatic rings. The second-order valence-electron chi connectivity index (χ2n) is 5.76. The zero-order chi connectivity index (χ0) is 15.5. The Balaban J connectivity index is 1.50. The SMILES string of the molecule is Cc1cc(NC(=O)N2CCC(N3CCCNC3=O)CC2)on1. The van der Waals surface area contributed by atoms with Crippen LogP contribution in [0, 0.1) is 6.92 Å². The average Bonchev–Trinajstić information content (AvgIpc) is 2.93. The Hall–Kier alpha value is -2.25. The van der Waals surface area contributed by atoms with E-state index in [2.05, 4.69) is 15.8 Å². The summed E-state index contributed by atoms with van der Waals surface area (Å²) < 4.78 is 4.99. The minimum Gasteiger partial charge on any atom is -0.338 e. The molecule has 0 aromatic carbocycles. The van der Waals surface area contributed by atoms with Gasteiger partial charge in [0.2, 0.25) is 5.88 Å². The predicted molar refractivity (Wildman–Crippen MR) is 79.6 cm³/mol. The summed E-state index contributed by atoms with van der Waals surface area (Å²) in [6.07, 6.45) is 2.59. The molecular weight excluding hydrogens is 286 g/mol. The van der Waals surface area contributed by atoms with Gasteiger partial charge in [0.25, 0.3) is 0 Å². The summed E-state index contributed by atoms with van der Waals surface area (Å²) in [5.74, 6) is 0.361. The monoisotopic (exact) mass is 307 g/mol. The number of aromatic nitrogens is 1. The van der Waals surface area contributed by atoms with Crippen LogP contribution in [0.15, 0.2) is 10.6 Å². The van der Waals surface area contributed by atoms with E-state index in [0.29, 0.717) is 19.0 Å². The number of aryl methyl sites for hydroxylation is 1. The summed E-state index contributed by atoms with van der Waals surface area (Å²) in [5.41, 5.74) is 0.727. The summed E-state index contributed by atoms with van der Waals surface area (Å²) in [6.45, 7) is 4.63. The van der Waals surface area contributed by atoms with Crippen molar-refractivity contribution in [2.45, 2.75) is 32.2 Å². The first-order chi connectivity index (χ1) is 10.6. The molecule has 1 aromatic rings. The number of likely N-dealkylation sites (tertiary alicyclic amines) is 1. The van der Waals surface area contributed by atoms with Crippen molar-refractivity contribution < 1.29 is 14.1 Å². The van der Waals surface area contributed by atoms with Crippen molar-refractivity contribution in [3.05, 3.63) is 11.8 Å². The van der Waals surface area contributed by atoms with Crippen LogP contribution < -0.4 is 10.6 Å². The maximum Gasteiger partial charge on any atom is 0.324 e. The van der Waals surface area contributed by atoms with Crippen LogP contribution in [0.2, 0.25) is 0 Å². The van der Waals surface area contributed by atoms with E-state index < -0.39 is 0 Å². The van der Waals surface area contributed by atoms with Gasteiger partial charge >= 0.3 is 12.1 Å². The Morgan fingerprint density at radius 1 is 1.41 bits per heavy atom. The van der Waals surface area contributed by atoms with Gasteiger partial charge in [0.05, 0.1) is 5.69 Å². The molecule has 1 aromatic heterocycles. The second-order valence-corrected chi connectivity index (χ2v) is 5.76. The maximum absolute atomic E-state index is 12.2. The van der Waals surface area contributed by atoms with Crippen molar-refractivity contribution in [1.82, 2.24) is 20.3 Å². The van der Waals surface area contributed by atoms with Crippen molar-refractivity contribution in [3.63, 3.8) is 0 Å². The highest BCUT2D eigenvalue weighted by atomic mass is 16.5. The van der Waals surface area contributed by atoms with E-state index in [-0.39, 0.29) is 18.1 Å². The van der Waals surface area contributed by atoms with Crippen molar-refractivity contribution in [1.29, 1.82) is 0 Å². The lowest BCUT2D eigenvalue weighted by molar-refractivity contribution is 0.122. The van der Waals surface area contributed by atoms with Crippen LogP contribution in [0.4, 0.5) is 15.5 Å². The number of rotatable bonds is 2. The molecule has 0 unspecified atom stereocenters. The van der Waals surface area contributed by atoms with E-state index >= 15 is 0 Å². The molecular formula is C14H21N5O3. The van der Waals surface area contributed by atoms with Gasteiger partial charge < -0.3 is 19.6 Å². The first-order valence-electron chi connectivity index (χ1n) is 7.67. The summed E-state index contributed by atoms with van der Waals surface area (Å²) in [5, 5.41) is 9.31. The van der Waals surface area contributed by atoms with Gasteiger partial charge in [-0.2, -0.15) is 0 Å². The van der Waals surface area contributed by atoms with Crippen LogP contribution in [-0.4, -0.2) is 59.2 Å². The average molecular weight is 307 g/mol. The zero-order valence-electron chi connectivity index (χ0n) is 12.7. The quantitative estimate of drug-likeness (QED) is 0.864. The van der Waals surface area contributed by atoms with Gasteiger partial charge in [-0.05, 0) is 26.2 Å². The Morgan fingerprint density at radius 3 is 2.82 bits per heavy atom. The van der Waals surface area contributed by atoms with E-state index in [1.54, 1.807) is 17.9 Å². The molecule has 0 saturated carbocycles. The number of piperidine rings is 1. The van der Waals surface area contributed by atoms with Crippen molar-refractivity contribution >= 4 is 17.9 Å². The van der Waals surface area contributed by atoms with Crippen LogP contribution >= 0.6 is 0 Å². The van der Waals surface area contributed by atoms with Gasteiger partial charge in [0.1, 0.15) is 0 Å². The molecule has 2 fully saturated rings. The molecule has 4 amide bonds. The van der Waals surface area contributed by atoms with Crippen molar-refractivity contribution in [2.75, 3.05) is 31.5 Å². The van der Waals surface area contributed by atoms with Crippen LogP contribution in [0.1, 0.15) is 25.0 Å². The molecule has 0 bridgehead atoms. The number of amides is 4. The minimum absolute atomic E-state index is 0.0197. The largest absolute Gasteiger partial charge is 0.338 e. The van der Waals surface area contributed by atoms with E-state index in [9.17, 15) is 9.59 Å². The van der Waals surface area contributed by atoms with Gasteiger partial charge in [0, 0.05) is 38.3 Å². The van der Waals surface area contributed by atoms with Gasteiger partial charge in [-0.3, -0.25) is 5.32 Å². The molecule has 22 heavy (non-hydrogen) atoms. The second kappa shape index (κ2) is 6.25. The number of hydrogen-bond acceptors (Lipinski definition) is 4. The highest BCUT2D eigenvalue weighted by molar-refractivity contribution is 5.88. The lowest BCUT2D eigenvalue weighted by atomic mass is 10.0. The van der Waals surface area contributed by atoms with Crippen molar-refractivity contribution in [3.8, 4) is 0 Å². The van der Waals surface area contributed by atoms with E-state index in [1.165, 1.54) is 0 Å². The topological polar surface area (TPSA) is 90.7 Å². The molecule has 3 rings (SSSR count). The first kappa shape index (κ1) is 14.7. The first-order valence-corrected chi connectivity index (χ1v) is 7.67. The molecule has 0 radical (unpaired) electrons. The molecule has 120 valence electrons. The fourth-order valence-electron chi connectivity index (χ4n) is 2.98. The molecule has 8 heteroatoms. The number of hydrogen-bond donors (Lipinski definition) is 2. The third-order valence-corrected chi connectivity index (χ3v) is 4.16. The van der Waals surface area contributed by atoms with Crippen molar-refractivity contribution in [2.24, 2.45) is 0 Å². The smallest absolute Gasteiger partial charge is 0.324 e. The molecule has 2 N–H and O–H groups in total. The predicted octanol–water partition coefficient (Wildman–Crippen LogP) is 1.39.